The molecular formula is C18H26N4O3S. The van der Waals surface area contributed by atoms with Crippen molar-refractivity contribution in [1.82, 2.24) is 19.4 Å². The van der Waals surface area contributed by atoms with Gasteiger partial charge in [0.25, 0.3) is 0 Å². The topological polar surface area (TPSA) is 87.5 Å². The van der Waals surface area contributed by atoms with E-state index in [1.165, 1.54) is 0 Å². The summed E-state index contributed by atoms with van der Waals surface area (Å²) in [7, 11) is -3.30. The fraction of sp³-hybridized carbons (Fsp3) is 0.500. The molecule has 1 atom stereocenters. The highest BCUT2D eigenvalue weighted by Gasteiger charge is 2.31. The van der Waals surface area contributed by atoms with Crippen LogP contribution in [-0.2, 0) is 16.6 Å². The minimum atomic E-state index is -3.30. The van der Waals surface area contributed by atoms with E-state index in [-0.39, 0.29) is 6.54 Å². The first kappa shape index (κ1) is 19.0. The fourth-order valence-electron chi connectivity index (χ4n) is 3.32. The van der Waals surface area contributed by atoms with Gasteiger partial charge in [-0.3, -0.25) is 4.90 Å². The number of aromatic nitrogens is 2. The van der Waals surface area contributed by atoms with Crippen molar-refractivity contribution in [2.45, 2.75) is 31.4 Å². The number of hydrogen-bond donors (Lipinski definition) is 2. The molecule has 1 unspecified atom stereocenters. The first-order valence-corrected chi connectivity index (χ1v) is 10.7. The van der Waals surface area contributed by atoms with Crippen LogP contribution in [0.2, 0.25) is 0 Å². The lowest BCUT2D eigenvalue weighted by atomic mass is 9.95. The summed E-state index contributed by atoms with van der Waals surface area (Å²) in [6, 6.07) is 12.0. The highest BCUT2D eigenvalue weighted by atomic mass is 32.2. The van der Waals surface area contributed by atoms with Gasteiger partial charge in [-0.1, -0.05) is 18.2 Å². The van der Waals surface area contributed by atoms with E-state index in [0.29, 0.717) is 19.4 Å². The monoisotopic (exact) mass is 378 g/mol. The lowest BCUT2D eigenvalue weighted by Crippen LogP contribution is -2.43. The van der Waals surface area contributed by atoms with Gasteiger partial charge in [-0.15, -0.1) is 0 Å². The van der Waals surface area contributed by atoms with Gasteiger partial charge in [-0.05, 0) is 44.0 Å². The summed E-state index contributed by atoms with van der Waals surface area (Å²) in [5, 5.41) is 15.1. The average molecular weight is 378 g/mol. The van der Waals surface area contributed by atoms with Gasteiger partial charge in [0, 0.05) is 25.8 Å². The minimum Gasteiger partial charge on any atom is -0.388 e. The second-order valence-electron chi connectivity index (χ2n) is 7.02. The molecule has 26 heavy (non-hydrogen) atoms. The molecule has 0 saturated carbocycles. The molecule has 1 fully saturated rings. The van der Waals surface area contributed by atoms with Gasteiger partial charge < -0.3 is 5.11 Å². The Hall–Kier alpha value is -1.74. The van der Waals surface area contributed by atoms with Crippen LogP contribution in [0.25, 0.3) is 5.69 Å². The van der Waals surface area contributed by atoms with Crippen molar-refractivity contribution in [2.24, 2.45) is 0 Å². The Morgan fingerprint density at radius 1 is 1.19 bits per heavy atom. The predicted octanol–water partition coefficient (Wildman–Crippen LogP) is 1.14. The number of sulfonamides is 1. The van der Waals surface area contributed by atoms with Gasteiger partial charge in [0.15, 0.2) is 0 Å². The average Bonchev–Trinajstić information content (AvgIpc) is 2.98. The number of hydrogen-bond acceptors (Lipinski definition) is 5. The number of rotatable bonds is 6. The third-order valence-corrected chi connectivity index (χ3v) is 5.45. The van der Waals surface area contributed by atoms with E-state index >= 15 is 0 Å². The molecule has 2 N–H and O–H groups in total. The SMILES string of the molecule is CS(=O)(=O)NCC1(O)CCCN(Cc2ccnn2-c2ccccc2)CC1. The van der Waals surface area contributed by atoms with E-state index in [4.69, 9.17) is 0 Å². The molecule has 1 aliphatic rings. The van der Waals surface area contributed by atoms with Crippen LogP contribution in [0.1, 0.15) is 25.0 Å². The lowest BCUT2D eigenvalue weighted by Gasteiger charge is -2.27. The highest BCUT2D eigenvalue weighted by Crippen LogP contribution is 2.23. The molecular weight excluding hydrogens is 352 g/mol. The fourth-order valence-corrected chi connectivity index (χ4v) is 3.85. The van der Waals surface area contributed by atoms with Crippen LogP contribution < -0.4 is 4.72 Å². The Balaban J connectivity index is 1.63. The van der Waals surface area contributed by atoms with Crippen molar-refractivity contribution in [3.05, 3.63) is 48.3 Å². The second-order valence-corrected chi connectivity index (χ2v) is 8.85. The molecule has 8 heteroatoms. The molecule has 3 rings (SSSR count). The largest absolute Gasteiger partial charge is 0.388 e. The molecule has 0 amide bonds. The third-order valence-electron chi connectivity index (χ3n) is 4.78. The quantitative estimate of drug-likeness (QED) is 0.787. The molecule has 1 aliphatic heterocycles. The Bertz CT molecular complexity index is 822. The Labute approximate surface area is 154 Å². The molecule has 1 aromatic heterocycles. The van der Waals surface area contributed by atoms with Crippen LogP contribution >= 0.6 is 0 Å². The Morgan fingerprint density at radius 3 is 2.69 bits per heavy atom. The van der Waals surface area contributed by atoms with Crippen molar-refractivity contribution in [3.63, 3.8) is 0 Å². The zero-order valence-corrected chi connectivity index (χ0v) is 15.8. The van der Waals surface area contributed by atoms with E-state index < -0.39 is 15.6 Å². The van der Waals surface area contributed by atoms with Gasteiger partial charge in [-0.25, -0.2) is 17.8 Å². The summed E-state index contributed by atoms with van der Waals surface area (Å²) in [4.78, 5) is 2.29. The van der Waals surface area contributed by atoms with Crippen molar-refractivity contribution >= 4 is 10.0 Å². The number of nitrogens with zero attached hydrogens (tertiary/aromatic N) is 3. The molecule has 0 aliphatic carbocycles. The molecule has 2 heterocycles. The van der Waals surface area contributed by atoms with E-state index in [2.05, 4.69) is 14.7 Å². The molecule has 1 aromatic carbocycles. The van der Waals surface area contributed by atoms with Gasteiger partial charge in [0.1, 0.15) is 0 Å². The smallest absolute Gasteiger partial charge is 0.208 e. The molecule has 0 spiro atoms. The summed E-state index contributed by atoms with van der Waals surface area (Å²) in [6.07, 6.45) is 4.86. The summed E-state index contributed by atoms with van der Waals surface area (Å²) in [5.74, 6) is 0. The standard InChI is InChI=1S/C18H26N4O3S/c1-26(24,25)20-15-18(23)9-5-12-21(13-10-18)14-17-8-11-19-22(17)16-6-3-2-4-7-16/h2-4,6-8,11,20,23H,5,9-10,12-15H2,1H3. The molecule has 1 saturated heterocycles. The van der Waals surface area contributed by atoms with E-state index in [1.807, 2.05) is 41.1 Å². The van der Waals surface area contributed by atoms with Gasteiger partial charge in [-0.2, -0.15) is 5.10 Å². The van der Waals surface area contributed by atoms with Gasteiger partial charge in [0.05, 0.1) is 23.2 Å². The van der Waals surface area contributed by atoms with Crippen molar-refractivity contribution < 1.29 is 13.5 Å². The van der Waals surface area contributed by atoms with E-state index in [0.717, 1.165) is 37.1 Å². The Kier molecular flexibility index (Phi) is 5.76. The minimum absolute atomic E-state index is 0.0711. The second kappa shape index (κ2) is 7.87. The van der Waals surface area contributed by atoms with Crippen molar-refractivity contribution in [1.29, 1.82) is 0 Å². The Morgan fingerprint density at radius 2 is 1.96 bits per heavy atom. The van der Waals surface area contributed by atoms with Crippen LogP contribution in [-0.4, -0.2) is 59.7 Å². The van der Waals surface area contributed by atoms with Crippen molar-refractivity contribution in [3.8, 4) is 5.69 Å². The van der Waals surface area contributed by atoms with Crippen LogP contribution in [0.3, 0.4) is 0 Å². The highest BCUT2D eigenvalue weighted by molar-refractivity contribution is 7.88. The van der Waals surface area contributed by atoms with Crippen LogP contribution in [0.15, 0.2) is 42.6 Å². The van der Waals surface area contributed by atoms with Crippen LogP contribution in [0.5, 0.6) is 0 Å². The zero-order valence-electron chi connectivity index (χ0n) is 15.0. The maximum absolute atomic E-state index is 11.3. The predicted molar refractivity (Wildman–Crippen MR) is 100 cm³/mol. The molecule has 0 bridgehead atoms. The maximum atomic E-state index is 11.3. The number of benzene rings is 1. The molecule has 2 aromatic rings. The van der Waals surface area contributed by atoms with Gasteiger partial charge in [0.2, 0.25) is 10.0 Å². The number of likely N-dealkylation sites (tertiary alicyclic amines) is 1. The normalized spacial score (nSPS) is 22.2. The van der Waals surface area contributed by atoms with Crippen LogP contribution in [0, 0.1) is 0 Å². The lowest BCUT2D eigenvalue weighted by molar-refractivity contribution is 0.0304. The number of aliphatic hydroxyl groups is 1. The summed E-state index contributed by atoms with van der Waals surface area (Å²) >= 11 is 0. The van der Waals surface area contributed by atoms with E-state index in [1.54, 1.807) is 6.20 Å². The molecule has 0 radical (unpaired) electrons. The first-order valence-electron chi connectivity index (χ1n) is 8.82. The number of nitrogens with one attached hydrogen (secondary N) is 1. The maximum Gasteiger partial charge on any atom is 0.208 e. The molecule has 7 nitrogen and oxygen atoms in total. The van der Waals surface area contributed by atoms with E-state index in [9.17, 15) is 13.5 Å². The first-order chi connectivity index (χ1) is 12.3. The zero-order chi connectivity index (χ0) is 18.6. The van der Waals surface area contributed by atoms with Gasteiger partial charge >= 0.3 is 0 Å². The summed E-state index contributed by atoms with van der Waals surface area (Å²) in [6.45, 7) is 2.38. The van der Waals surface area contributed by atoms with Crippen LogP contribution in [0.4, 0.5) is 0 Å². The van der Waals surface area contributed by atoms with Crippen molar-refractivity contribution in [2.75, 3.05) is 25.9 Å². The third kappa shape index (κ3) is 5.14. The summed E-state index contributed by atoms with van der Waals surface area (Å²) < 4.78 is 27.0. The summed E-state index contributed by atoms with van der Waals surface area (Å²) in [5.41, 5.74) is 1.13. The number of para-hydroxylation sites is 1. The molecule has 142 valence electrons.